The molecule has 0 saturated carbocycles. The first kappa shape index (κ1) is 17.8. The Kier molecular flexibility index (Phi) is 4.51. The standard InChI is InChI=1S/C17H18FN3O2S2/c1-17(2,3)21-9-12(8-19-21)11-25(22,23)16-20-15(10-24-16)13-4-6-14(18)7-5-13/h4-10H,11H2,1-3H3. The number of rotatable bonds is 4. The van der Waals surface area contributed by atoms with Gasteiger partial charge < -0.3 is 0 Å². The molecule has 0 aliphatic heterocycles. The fourth-order valence-corrected chi connectivity index (χ4v) is 4.64. The molecule has 8 heteroatoms. The van der Waals surface area contributed by atoms with E-state index in [-0.39, 0.29) is 21.4 Å². The molecule has 2 aromatic heterocycles. The first-order valence-corrected chi connectivity index (χ1v) is 10.2. The highest BCUT2D eigenvalue weighted by Crippen LogP contribution is 2.27. The summed E-state index contributed by atoms with van der Waals surface area (Å²) in [6.07, 6.45) is 3.31. The third kappa shape index (κ3) is 3.96. The van der Waals surface area contributed by atoms with Gasteiger partial charge in [-0.05, 0) is 45.0 Å². The van der Waals surface area contributed by atoms with Crippen LogP contribution in [0.5, 0.6) is 0 Å². The third-order valence-corrected chi connectivity index (χ3v) is 6.59. The molecule has 0 bridgehead atoms. The van der Waals surface area contributed by atoms with E-state index < -0.39 is 9.84 Å². The Balaban J connectivity index is 1.83. The second kappa shape index (κ2) is 6.34. The number of benzene rings is 1. The molecule has 0 aliphatic rings. The van der Waals surface area contributed by atoms with Crippen molar-refractivity contribution in [3.63, 3.8) is 0 Å². The van der Waals surface area contributed by atoms with Gasteiger partial charge in [0.15, 0.2) is 0 Å². The van der Waals surface area contributed by atoms with E-state index in [2.05, 4.69) is 10.1 Å². The van der Waals surface area contributed by atoms with Gasteiger partial charge in [0.05, 0.1) is 23.2 Å². The fourth-order valence-electron chi connectivity index (χ4n) is 2.24. The van der Waals surface area contributed by atoms with Gasteiger partial charge in [-0.1, -0.05) is 0 Å². The topological polar surface area (TPSA) is 64.8 Å². The lowest BCUT2D eigenvalue weighted by atomic mass is 10.1. The molecule has 0 aliphatic carbocycles. The zero-order chi connectivity index (χ0) is 18.2. The van der Waals surface area contributed by atoms with E-state index in [1.807, 2.05) is 20.8 Å². The smallest absolute Gasteiger partial charge is 0.210 e. The largest absolute Gasteiger partial charge is 0.267 e. The summed E-state index contributed by atoms with van der Waals surface area (Å²) in [7, 11) is -3.56. The number of sulfone groups is 1. The number of nitrogens with zero attached hydrogens (tertiary/aromatic N) is 3. The van der Waals surface area contributed by atoms with Crippen molar-refractivity contribution in [3.8, 4) is 11.3 Å². The molecule has 25 heavy (non-hydrogen) atoms. The minimum Gasteiger partial charge on any atom is -0.267 e. The maximum Gasteiger partial charge on any atom is 0.210 e. The van der Waals surface area contributed by atoms with Gasteiger partial charge in [-0.2, -0.15) is 5.10 Å². The van der Waals surface area contributed by atoms with Gasteiger partial charge in [0.1, 0.15) is 5.82 Å². The maximum atomic E-state index is 13.0. The Morgan fingerprint density at radius 2 is 1.88 bits per heavy atom. The van der Waals surface area contributed by atoms with Crippen molar-refractivity contribution in [2.45, 2.75) is 36.4 Å². The molecule has 0 radical (unpaired) electrons. The minimum absolute atomic E-state index is 0.0512. The SMILES string of the molecule is CC(C)(C)n1cc(CS(=O)(=O)c2nc(-c3ccc(F)cc3)cs2)cn1. The Morgan fingerprint density at radius 3 is 2.48 bits per heavy atom. The average molecular weight is 379 g/mol. The van der Waals surface area contributed by atoms with Crippen LogP contribution >= 0.6 is 11.3 Å². The van der Waals surface area contributed by atoms with Crippen LogP contribution in [0.1, 0.15) is 26.3 Å². The molecule has 2 heterocycles. The lowest BCUT2D eigenvalue weighted by molar-refractivity contribution is 0.355. The van der Waals surface area contributed by atoms with E-state index in [1.54, 1.807) is 34.6 Å². The molecule has 0 fully saturated rings. The van der Waals surface area contributed by atoms with E-state index in [4.69, 9.17) is 0 Å². The quantitative estimate of drug-likeness (QED) is 0.690. The van der Waals surface area contributed by atoms with Gasteiger partial charge >= 0.3 is 0 Å². The third-order valence-electron chi connectivity index (χ3n) is 3.57. The van der Waals surface area contributed by atoms with E-state index >= 15 is 0 Å². The lowest BCUT2D eigenvalue weighted by Crippen LogP contribution is -2.22. The number of hydrogen-bond donors (Lipinski definition) is 0. The first-order chi connectivity index (χ1) is 11.6. The number of thiazole rings is 1. The maximum absolute atomic E-state index is 13.0. The van der Waals surface area contributed by atoms with Crippen LogP contribution in [0, 0.1) is 5.82 Å². The zero-order valence-electron chi connectivity index (χ0n) is 14.1. The van der Waals surface area contributed by atoms with Gasteiger partial charge in [0.25, 0.3) is 0 Å². The summed E-state index contributed by atoms with van der Waals surface area (Å²) in [5, 5.41) is 5.89. The van der Waals surface area contributed by atoms with Crippen molar-refractivity contribution in [3.05, 3.63) is 53.4 Å². The van der Waals surface area contributed by atoms with E-state index in [1.165, 1.54) is 12.1 Å². The van der Waals surface area contributed by atoms with Gasteiger partial charge in [0.2, 0.25) is 14.2 Å². The van der Waals surface area contributed by atoms with Crippen LogP contribution < -0.4 is 0 Å². The van der Waals surface area contributed by atoms with E-state index in [0.717, 1.165) is 11.3 Å². The van der Waals surface area contributed by atoms with Crippen LogP contribution in [0.2, 0.25) is 0 Å². The van der Waals surface area contributed by atoms with Gasteiger partial charge in [-0.15, -0.1) is 11.3 Å². The number of halogens is 1. The number of hydrogen-bond acceptors (Lipinski definition) is 5. The van der Waals surface area contributed by atoms with Crippen molar-refractivity contribution in [2.24, 2.45) is 0 Å². The highest BCUT2D eigenvalue weighted by molar-refractivity contribution is 7.92. The fraction of sp³-hybridized carbons (Fsp3) is 0.294. The molecule has 0 unspecified atom stereocenters. The molecule has 5 nitrogen and oxygen atoms in total. The minimum atomic E-state index is -3.56. The molecule has 0 atom stereocenters. The van der Waals surface area contributed by atoms with Gasteiger partial charge in [-0.25, -0.2) is 17.8 Å². The molecule has 0 amide bonds. The molecular weight excluding hydrogens is 361 g/mol. The Hall–Kier alpha value is -2.06. The second-order valence-electron chi connectivity index (χ2n) is 6.73. The van der Waals surface area contributed by atoms with Crippen LogP contribution in [0.4, 0.5) is 4.39 Å². The molecule has 132 valence electrons. The second-order valence-corrected chi connectivity index (χ2v) is 9.75. The monoisotopic (exact) mass is 379 g/mol. The summed E-state index contributed by atoms with van der Waals surface area (Å²) in [6, 6.07) is 5.80. The Morgan fingerprint density at radius 1 is 1.20 bits per heavy atom. The van der Waals surface area contributed by atoms with E-state index in [9.17, 15) is 12.8 Å². The van der Waals surface area contributed by atoms with Crippen molar-refractivity contribution in [1.29, 1.82) is 0 Å². The molecule has 0 saturated heterocycles. The van der Waals surface area contributed by atoms with Crippen LogP contribution in [0.15, 0.2) is 46.4 Å². The van der Waals surface area contributed by atoms with Crippen molar-refractivity contribution >= 4 is 21.2 Å². The summed E-state index contributed by atoms with van der Waals surface area (Å²) in [6.45, 7) is 5.98. The molecule has 0 N–H and O–H groups in total. The summed E-state index contributed by atoms with van der Waals surface area (Å²) >= 11 is 1.07. The summed E-state index contributed by atoms with van der Waals surface area (Å²) in [5.41, 5.74) is 1.61. The Bertz CT molecular complexity index is 984. The predicted octanol–water partition coefficient (Wildman–Crippen LogP) is 3.87. The summed E-state index contributed by atoms with van der Waals surface area (Å²) in [5.74, 6) is -0.498. The highest BCUT2D eigenvalue weighted by atomic mass is 32.2. The summed E-state index contributed by atoms with van der Waals surface area (Å²) < 4.78 is 40.0. The molecule has 3 rings (SSSR count). The number of aromatic nitrogens is 3. The lowest BCUT2D eigenvalue weighted by Gasteiger charge is -2.18. The van der Waals surface area contributed by atoms with Crippen LogP contribution in [0.3, 0.4) is 0 Å². The average Bonchev–Trinajstić information content (AvgIpc) is 3.16. The Labute approximate surface area is 150 Å². The van der Waals surface area contributed by atoms with Crippen molar-refractivity contribution < 1.29 is 12.8 Å². The molecule has 1 aromatic carbocycles. The van der Waals surface area contributed by atoms with Crippen LogP contribution in [-0.4, -0.2) is 23.2 Å². The van der Waals surface area contributed by atoms with Crippen molar-refractivity contribution in [1.82, 2.24) is 14.8 Å². The van der Waals surface area contributed by atoms with Gasteiger partial charge in [-0.3, -0.25) is 4.68 Å². The molecule has 0 spiro atoms. The van der Waals surface area contributed by atoms with Crippen LogP contribution in [0.25, 0.3) is 11.3 Å². The van der Waals surface area contributed by atoms with Crippen molar-refractivity contribution in [2.75, 3.05) is 0 Å². The van der Waals surface area contributed by atoms with Crippen LogP contribution in [-0.2, 0) is 21.1 Å². The predicted molar refractivity (Wildman–Crippen MR) is 95.6 cm³/mol. The zero-order valence-corrected chi connectivity index (χ0v) is 15.7. The normalized spacial score (nSPS) is 12.5. The first-order valence-electron chi connectivity index (χ1n) is 7.63. The molecule has 3 aromatic rings. The summed E-state index contributed by atoms with van der Waals surface area (Å²) in [4.78, 5) is 4.21. The molecular formula is C17H18FN3O2S2. The van der Waals surface area contributed by atoms with E-state index in [0.29, 0.717) is 16.8 Å². The van der Waals surface area contributed by atoms with Gasteiger partial charge in [0, 0.05) is 22.7 Å². The highest BCUT2D eigenvalue weighted by Gasteiger charge is 2.22.